The molecule has 0 unspecified atom stereocenters. The number of nitrogens with one attached hydrogen (secondary N) is 1. The lowest BCUT2D eigenvalue weighted by Crippen LogP contribution is -2.04. The lowest BCUT2D eigenvalue weighted by molar-refractivity contribution is -0.384. The molecule has 4 nitrogen and oxygen atoms in total. The van der Waals surface area contributed by atoms with E-state index in [1.807, 2.05) is 0 Å². The molecule has 0 aromatic heterocycles. The van der Waals surface area contributed by atoms with Gasteiger partial charge in [0.25, 0.3) is 5.69 Å². The Morgan fingerprint density at radius 2 is 2.17 bits per heavy atom. The van der Waals surface area contributed by atoms with Crippen molar-refractivity contribution in [1.82, 2.24) is 0 Å². The molecule has 0 saturated heterocycles. The summed E-state index contributed by atoms with van der Waals surface area (Å²) >= 11 is 1.81. The van der Waals surface area contributed by atoms with E-state index in [9.17, 15) is 14.5 Å². The summed E-state index contributed by atoms with van der Waals surface area (Å²) in [7, 11) is 0. The summed E-state index contributed by atoms with van der Waals surface area (Å²) in [6.45, 7) is 0.624. The molecule has 18 heavy (non-hydrogen) atoms. The zero-order chi connectivity index (χ0) is 13.4. The number of rotatable bonds is 8. The molecule has 100 valence electrons. The van der Waals surface area contributed by atoms with Gasteiger partial charge in [-0.05, 0) is 30.9 Å². The first-order valence-corrected chi connectivity index (χ1v) is 7.21. The highest BCUT2D eigenvalue weighted by Crippen LogP contribution is 2.24. The summed E-state index contributed by atoms with van der Waals surface area (Å²) in [5, 5.41) is 13.7. The molecule has 0 bridgehead atoms. The number of halogens is 1. The van der Waals surface area contributed by atoms with Crippen molar-refractivity contribution >= 4 is 23.1 Å². The molecule has 6 heteroatoms. The quantitative estimate of drug-likeness (QED) is 0.445. The first-order valence-electron chi connectivity index (χ1n) is 5.82. The van der Waals surface area contributed by atoms with Crippen LogP contribution >= 0.6 is 11.8 Å². The van der Waals surface area contributed by atoms with E-state index in [1.165, 1.54) is 12.1 Å². The van der Waals surface area contributed by atoms with Gasteiger partial charge in [-0.25, -0.2) is 4.39 Å². The highest BCUT2D eigenvalue weighted by molar-refractivity contribution is 7.98. The van der Waals surface area contributed by atoms with Crippen LogP contribution in [0.5, 0.6) is 0 Å². The summed E-state index contributed by atoms with van der Waals surface area (Å²) in [4.78, 5) is 10.2. The van der Waals surface area contributed by atoms with Crippen LogP contribution in [0.2, 0.25) is 0 Å². The summed E-state index contributed by atoms with van der Waals surface area (Å²) in [6, 6.07) is 3.45. The number of nitro benzene ring substituents is 1. The van der Waals surface area contributed by atoms with Gasteiger partial charge in [-0.15, -0.1) is 0 Å². The van der Waals surface area contributed by atoms with E-state index in [-0.39, 0.29) is 11.4 Å². The lowest BCUT2D eigenvalue weighted by Gasteiger charge is -2.07. The summed E-state index contributed by atoms with van der Waals surface area (Å²) in [5.41, 5.74) is 0.172. The third-order valence-electron chi connectivity index (χ3n) is 2.50. The predicted molar refractivity (Wildman–Crippen MR) is 73.8 cm³/mol. The average molecular weight is 272 g/mol. The molecule has 0 radical (unpaired) electrons. The summed E-state index contributed by atoms with van der Waals surface area (Å²) in [6.07, 6.45) is 5.19. The second-order valence-electron chi connectivity index (χ2n) is 3.90. The first-order chi connectivity index (χ1) is 8.65. The highest BCUT2D eigenvalue weighted by atomic mass is 32.2. The number of nitrogens with zero attached hydrogens (tertiary/aromatic N) is 1. The van der Waals surface area contributed by atoms with Crippen molar-refractivity contribution in [2.75, 3.05) is 23.9 Å². The van der Waals surface area contributed by atoms with Crippen LogP contribution in [-0.4, -0.2) is 23.5 Å². The Hall–Kier alpha value is -1.30. The smallest absolute Gasteiger partial charge is 0.292 e. The normalized spacial score (nSPS) is 10.3. The number of thioether (sulfide) groups is 1. The fourth-order valence-corrected chi connectivity index (χ4v) is 2.07. The second kappa shape index (κ2) is 7.92. The first kappa shape index (κ1) is 14.8. The van der Waals surface area contributed by atoms with Gasteiger partial charge in [-0.3, -0.25) is 10.1 Å². The van der Waals surface area contributed by atoms with Gasteiger partial charge in [0.05, 0.1) is 4.92 Å². The average Bonchev–Trinajstić information content (AvgIpc) is 2.33. The Kier molecular flexibility index (Phi) is 6.49. The number of benzene rings is 1. The maximum Gasteiger partial charge on any atom is 0.292 e. The van der Waals surface area contributed by atoms with Crippen molar-refractivity contribution in [2.24, 2.45) is 0 Å². The van der Waals surface area contributed by atoms with Crippen molar-refractivity contribution in [3.63, 3.8) is 0 Å². The van der Waals surface area contributed by atoms with Gasteiger partial charge in [-0.1, -0.05) is 6.42 Å². The monoisotopic (exact) mass is 272 g/mol. The van der Waals surface area contributed by atoms with E-state index in [1.54, 1.807) is 11.8 Å². The fourth-order valence-electron chi connectivity index (χ4n) is 1.58. The fraction of sp³-hybridized carbons (Fsp3) is 0.500. The van der Waals surface area contributed by atoms with Crippen molar-refractivity contribution < 1.29 is 9.31 Å². The topological polar surface area (TPSA) is 55.2 Å². The van der Waals surface area contributed by atoms with Gasteiger partial charge in [-0.2, -0.15) is 11.8 Å². The number of nitro groups is 1. The third-order valence-corrected chi connectivity index (χ3v) is 3.19. The number of hydrogen-bond acceptors (Lipinski definition) is 4. The van der Waals surface area contributed by atoms with E-state index < -0.39 is 10.7 Å². The van der Waals surface area contributed by atoms with Crippen molar-refractivity contribution in [2.45, 2.75) is 19.3 Å². The summed E-state index contributed by atoms with van der Waals surface area (Å²) in [5.74, 6) is 0.658. The van der Waals surface area contributed by atoms with Crippen LogP contribution in [0.15, 0.2) is 18.2 Å². The minimum Gasteiger partial charge on any atom is -0.379 e. The van der Waals surface area contributed by atoms with Gasteiger partial charge in [0, 0.05) is 18.7 Å². The van der Waals surface area contributed by atoms with Crippen LogP contribution in [0.25, 0.3) is 0 Å². The van der Waals surface area contributed by atoms with Crippen LogP contribution in [0.3, 0.4) is 0 Å². The third kappa shape index (κ3) is 4.91. The standard InChI is InChI=1S/C12H17FN2O2S/c1-18-8-4-2-3-7-14-11-9-10(13)5-6-12(11)15(16)17/h5-6,9,14H,2-4,7-8H2,1H3. The van der Waals surface area contributed by atoms with Crippen LogP contribution in [0.1, 0.15) is 19.3 Å². The van der Waals surface area contributed by atoms with Crippen molar-refractivity contribution in [3.05, 3.63) is 34.1 Å². The van der Waals surface area contributed by atoms with E-state index in [2.05, 4.69) is 11.6 Å². The Balaban J connectivity index is 2.45. The van der Waals surface area contributed by atoms with Gasteiger partial charge < -0.3 is 5.32 Å². The van der Waals surface area contributed by atoms with Crippen LogP contribution < -0.4 is 5.32 Å². The molecule has 0 amide bonds. The Morgan fingerprint density at radius 3 is 2.83 bits per heavy atom. The largest absolute Gasteiger partial charge is 0.379 e. The van der Waals surface area contributed by atoms with Crippen molar-refractivity contribution in [1.29, 1.82) is 0 Å². The van der Waals surface area contributed by atoms with E-state index in [0.29, 0.717) is 6.54 Å². The molecule has 1 rings (SSSR count). The SMILES string of the molecule is CSCCCCCNc1cc(F)ccc1[N+](=O)[O-]. The molecule has 1 N–H and O–H groups in total. The minimum absolute atomic E-state index is 0.0829. The molecule has 0 fully saturated rings. The van der Waals surface area contributed by atoms with Crippen LogP contribution in [-0.2, 0) is 0 Å². The zero-order valence-corrected chi connectivity index (χ0v) is 11.1. The molecule has 0 aliphatic rings. The molecule has 1 aromatic rings. The number of anilines is 1. The number of unbranched alkanes of at least 4 members (excludes halogenated alkanes) is 2. The second-order valence-corrected chi connectivity index (χ2v) is 4.88. The van der Waals surface area contributed by atoms with Crippen LogP contribution in [0, 0.1) is 15.9 Å². The molecular formula is C12H17FN2O2S. The Bertz CT molecular complexity index is 402. The molecule has 0 saturated carbocycles. The highest BCUT2D eigenvalue weighted by Gasteiger charge is 2.13. The van der Waals surface area contributed by atoms with Gasteiger partial charge in [0.1, 0.15) is 11.5 Å². The Labute approximate surface area is 110 Å². The zero-order valence-electron chi connectivity index (χ0n) is 10.3. The molecular weight excluding hydrogens is 255 g/mol. The molecule has 0 spiro atoms. The van der Waals surface area contributed by atoms with Crippen LogP contribution in [0.4, 0.5) is 15.8 Å². The summed E-state index contributed by atoms with van der Waals surface area (Å²) < 4.78 is 13.0. The Morgan fingerprint density at radius 1 is 1.39 bits per heavy atom. The predicted octanol–water partition coefficient (Wildman–Crippen LogP) is 3.68. The maximum atomic E-state index is 13.0. The minimum atomic E-state index is -0.504. The molecule has 0 aliphatic carbocycles. The number of hydrogen-bond donors (Lipinski definition) is 1. The van der Waals surface area contributed by atoms with E-state index in [4.69, 9.17) is 0 Å². The van der Waals surface area contributed by atoms with E-state index >= 15 is 0 Å². The van der Waals surface area contributed by atoms with Crippen molar-refractivity contribution in [3.8, 4) is 0 Å². The molecule has 0 atom stereocenters. The molecule has 1 aromatic carbocycles. The van der Waals surface area contributed by atoms with Gasteiger partial charge >= 0.3 is 0 Å². The van der Waals surface area contributed by atoms with E-state index in [0.717, 1.165) is 31.1 Å². The molecule has 0 aliphatic heterocycles. The van der Waals surface area contributed by atoms with Gasteiger partial charge in [0.15, 0.2) is 0 Å². The lowest BCUT2D eigenvalue weighted by atomic mass is 10.2. The maximum absolute atomic E-state index is 13.0. The van der Waals surface area contributed by atoms with Gasteiger partial charge in [0.2, 0.25) is 0 Å². The molecule has 0 heterocycles.